The molecular weight excluding hydrogens is 230 g/mol. The van der Waals surface area contributed by atoms with E-state index in [9.17, 15) is 4.79 Å². The first-order chi connectivity index (χ1) is 7.63. The molecule has 1 heterocycles. The smallest absolute Gasteiger partial charge is 0.317 e. The molecule has 84 valence electrons. The van der Waals surface area contributed by atoms with Crippen LogP contribution in [0.2, 0.25) is 5.15 Å². The molecule has 1 aromatic rings. The number of ether oxygens (including phenoxy) is 1. The average molecular weight is 240 g/mol. The van der Waals surface area contributed by atoms with Crippen LogP contribution in [0.3, 0.4) is 0 Å². The van der Waals surface area contributed by atoms with E-state index in [1.807, 2.05) is 0 Å². The number of halogens is 1. The Hall–Kier alpha value is -1.73. The molecule has 1 aromatic heterocycles. The molecule has 0 unspecified atom stereocenters. The third-order valence-electron chi connectivity index (χ3n) is 1.58. The summed E-state index contributed by atoms with van der Waals surface area (Å²) in [6.07, 6.45) is 0.00795. The summed E-state index contributed by atoms with van der Waals surface area (Å²) in [6.45, 7) is 2.07. The fourth-order valence-electron chi connectivity index (χ4n) is 0.915. The monoisotopic (exact) mass is 239 g/mol. The van der Waals surface area contributed by atoms with E-state index in [1.54, 1.807) is 6.92 Å². The molecule has 0 saturated heterocycles. The van der Waals surface area contributed by atoms with Gasteiger partial charge in [0, 0.05) is 0 Å². The van der Waals surface area contributed by atoms with E-state index in [4.69, 9.17) is 21.4 Å². The third-order valence-corrected chi connectivity index (χ3v) is 1.86. The molecule has 0 saturated carbocycles. The van der Waals surface area contributed by atoms with Gasteiger partial charge in [0.25, 0.3) is 0 Å². The van der Waals surface area contributed by atoms with Crippen molar-refractivity contribution >= 4 is 17.6 Å². The summed E-state index contributed by atoms with van der Waals surface area (Å²) in [7, 11) is 0. The second-order valence-corrected chi connectivity index (χ2v) is 3.15. The van der Waals surface area contributed by atoms with Crippen LogP contribution in [0.5, 0.6) is 5.75 Å². The van der Waals surface area contributed by atoms with E-state index in [1.165, 1.54) is 12.1 Å². The zero-order valence-corrected chi connectivity index (χ0v) is 9.41. The normalized spacial score (nSPS) is 9.12. The van der Waals surface area contributed by atoms with Gasteiger partial charge in [-0.3, -0.25) is 4.79 Å². The molecular formula is C11H10ClNO3. The molecule has 0 aliphatic heterocycles. The maximum absolute atomic E-state index is 10.9. The number of carbonyl (C=O) groups excluding carboxylic acids is 1. The number of aromatic nitrogens is 1. The molecule has 0 radical (unpaired) electrons. The number of hydrogen-bond acceptors (Lipinski definition) is 4. The molecule has 1 N–H and O–H groups in total. The van der Waals surface area contributed by atoms with E-state index in [0.717, 1.165) is 0 Å². The molecule has 0 atom stereocenters. The molecule has 0 fully saturated rings. The molecule has 0 spiro atoms. The summed E-state index contributed by atoms with van der Waals surface area (Å²) >= 11 is 5.58. The third kappa shape index (κ3) is 3.79. The molecule has 5 heteroatoms. The van der Waals surface area contributed by atoms with Gasteiger partial charge in [0.15, 0.2) is 10.9 Å². The second-order valence-electron chi connectivity index (χ2n) is 2.79. The molecule has 0 aliphatic carbocycles. The molecule has 0 bridgehead atoms. The van der Waals surface area contributed by atoms with Crippen LogP contribution in [0.1, 0.15) is 19.0 Å². The molecule has 0 amide bonds. The molecule has 4 nitrogen and oxygen atoms in total. The number of hydrogen-bond donors (Lipinski definition) is 1. The zero-order chi connectivity index (χ0) is 12.0. The summed E-state index contributed by atoms with van der Waals surface area (Å²) in [5.74, 6) is 4.78. The lowest BCUT2D eigenvalue weighted by molar-refractivity contribution is -0.141. The van der Waals surface area contributed by atoms with Gasteiger partial charge in [-0.1, -0.05) is 17.5 Å². The quantitative estimate of drug-likeness (QED) is 0.485. The number of pyridine rings is 1. The average Bonchev–Trinajstić information content (AvgIpc) is 2.24. The van der Waals surface area contributed by atoms with E-state index in [-0.39, 0.29) is 23.3 Å². The second kappa shape index (κ2) is 5.99. The lowest BCUT2D eigenvalue weighted by atomic mass is 10.3. The van der Waals surface area contributed by atoms with Gasteiger partial charge in [-0.15, -0.1) is 0 Å². The lowest BCUT2D eigenvalue weighted by Gasteiger charge is -1.96. The van der Waals surface area contributed by atoms with Crippen molar-refractivity contribution < 1.29 is 14.6 Å². The predicted molar refractivity (Wildman–Crippen MR) is 59.0 cm³/mol. The van der Waals surface area contributed by atoms with Crippen molar-refractivity contribution in [1.29, 1.82) is 0 Å². The van der Waals surface area contributed by atoms with Crippen LogP contribution in [-0.4, -0.2) is 22.7 Å². The summed E-state index contributed by atoms with van der Waals surface area (Å²) in [4.78, 5) is 14.7. The van der Waals surface area contributed by atoms with Crippen molar-refractivity contribution in [2.45, 2.75) is 13.3 Å². The first kappa shape index (κ1) is 12.3. The SMILES string of the molecule is CCOC(=O)CC#Cc1ccc(O)c(Cl)n1. The summed E-state index contributed by atoms with van der Waals surface area (Å²) < 4.78 is 4.69. The van der Waals surface area contributed by atoms with Crippen LogP contribution in [-0.2, 0) is 9.53 Å². The molecule has 0 aromatic carbocycles. The largest absolute Gasteiger partial charge is 0.505 e. The van der Waals surface area contributed by atoms with Gasteiger partial charge >= 0.3 is 5.97 Å². The van der Waals surface area contributed by atoms with Crippen LogP contribution in [0.4, 0.5) is 0 Å². The standard InChI is InChI=1S/C11H10ClNO3/c1-2-16-10(15)5-3-4-8-6-7-9(14)11(12)13-8/h6-7,14H,2,5H2,1H3. The maximum atomic E-state index is 10.9. The Kier molecular flexibility index (Phi) is 4.62. The summed E-state index contributed by atoms with van der Waals surface area (Å²) in [5, 5.41) is 9.10. The highest BCUT2D eigenvalue weighted by Crippen LogP contribution is 2.19. The first-order valence-electron chi connectivity index (χ1n) is 4.63. The highest BCUT2D eigenvalue weighted by Gasteiger charge is 1.99. The lowest BCUT2D eigenvalue weighted by Crippen LogP contribution is -2.01. The van der Waals surface area contributed by atoms with Gasteiger partial charge in [-0.05, 0) is 25.0 Å². The van der Waals surface area contributed by atoms with Crippen molar-refractivity contribution in [2.75, 3.05) is 6.61 Å². The van der Waals surface area contributed by atoms with Crippen LogP contribution >= 0.6 is 11.6 Å². The minimum atomic E-state index is -0.375. The molecule has 16 heavy (non-hydrogen) atoms. The van der Waals surface area contributed by atoms with Crippen LogP contribution in [0.15, 0.2) is 12.1 Å². The van der Waals surface area contributed by atoms with Crippen molar-refractivity contribution in [3.63, 3.8) is 0 Å². The van der Waals surface area contributed by atoms with E-state index in [0.29, 0.717) is 12.3 Å². The van der Waals surface area contributed by atoms with Crippen LogP contribution in [0, 0.1) is 11.8 Å². The number of aromatic hydroxyl groups is 1. The first-order valence-corrected chi connectivity index (χ1v) is 5.01. The van der Waals surface area contributed by atoms with Gasteiger partial charge in [-0.25, -0.2) is 4.98 Å². The number of nitrogens with zero attached hydrogens (tertiary/aromatic N) is 1. The Morgan fingerprint density at radius 3 is 3.00 bits per heavy atom. The van der Waals surface area contributed by atoms with E-state index >= 15 is 0 Å². The topological polar surface area (TPSA) is 59.4 Å². The van der Waals surface area contributed by atoms with Crippen LogP contribution < -0.4 is 0 Å². The summed E-state index contributed by atoms with van der Waals surface area (Å²) in [6, 6.07) is 2.91. The van der Waals surface area contributed by atoms with Gasteiger partial charge in [-0.2, -0.15) is 0 Å². The van der Waals surface area contributed by atoms with E-state index < -0.39 is 0 Å². The van der Waals surface area contributed by atoms with Crippen molar-refractivity contribution in [3.8, 4) is 17.6 Å². The Morgan fingerprint density at radius 1 is 1.62 bits per heavy atom. The van der Waals surface area contributed by atoms with Crippen LogP contribution in [0.25, 0.3) is 0 Å². The highest BCUT2D eigenvalue weighted by atomic mass is 35.5. The summed E-state index contributed by atoms with van der Waals surface area (Å²) in [5.41, 5.74) is 0.395. The Morgan fingerprint density at radius 2 is 2.38 bits per heavy atom. The maximum Gasteiger partial charge on any atom is 0.317 e. The Labute approximate surface area is 98.2 Å². The number of carbonyl (C=O) groups is 1. The van der Waals surface area contributed by atoms with Gasteiger partial charge in [0.2, 0.25) is 0 Å². The zero-order valence-electron chi connectivity index (χ0n) is 8.66. The van der Waals surface area contributed by atoms with Crippen molar-refractivity contribution in [2.24, 2.45) is 0 Å². The van der Waals surface area contributed by atoms with Gasteiger partial charge in [0.05, 0.1) is 6.61 Å². The highest BCUT2D eigenvalue weighted by molar-refractivity contribution is 6.30. The Balaban J connectivity index is 2.63. The fourth-order valence-corrected chi connectivity index (χ4v) is 1.07. The van der Waals surface area contributed by atoms with E-state index in [2.05, 4.69) is 16.8 Å². The number of esters is 1. The Bertz CT molecular complexity index is 448. The van der Waals surface area contributed by atoms with Crippen molar-refractivity contribution in [3.05, 3.63) is 23.0 Å². The van der Waals surface area contributed by atoms with Crippen molar-refractivity contribution in [1.82, 2.24) is 4.98 Å². The molecule has 0 aliphatic rings. The van der Waals surface area contributed by atoms with Gasteiger partial charge in [0.1, 0.15) is 12.1 Å². The molecule has 1 rings (SSSR count). The van der Waals surface area contributed by atoms with Gasteiger partial charge < -0.3 is 9.84 Å². The predicted octanol–water partition coefficient (Wildman–Crippen LogP) is 1.75. The minimum Gasteiger partial charge on any atom is -0.505 e. The fraction of sp³-hybridized carbons (Fsp3) is 0.273. The minimum absolute atomic E-state index is 0.00795. The number of rotatable bonds is 2.